The van der Waals surface area contributed by atoms with Crippen LogP contribution in [0.3, 0.4) is 0 Å². The van der Waals surface area contributed by atoms with Crippen LogP contribution in [0, 0.1) is 10.1 Å². The van der Waals surface area contributed by atoms with Crippen molar-refractivity contribution in [1.82, 2.24) is 20.6 Å². The van der Waals surface area contributed by atoms with Crippen molar-refractivity contribution >= 4 is 46.9 Å². The number of ether oxygens (including phenoxy) is 2. The number of hydroxylamine groups is 1. The lowest BCUT2D eigenvalue weighted by Crippen LogP contribution is -2.52. The van der Waals surface area contributed by atoms with E-state index in [2.05, 4.69) is 22.5 Å². The minimum absolute atomic E-state index is 0.0502. The van der Waals surface area contributed by atoms with Gasteiger partial charge in [-0.25, -0.2) is 15.5 Å². The van der Waals surface area contributed by atoms with Gasteiger partial charge in [-0.3, -0.25) is 30.3 Å². The van der Waals surface area contributed by atoms with Crippen LogP contribution in [0.15, 0.2) is 40.3 Å². The van der Waals surface area contributed by atoms with E-state index in [0.717, 1.165) is 93.8 Å². The highest BCUT2D eigenvalue weighted by molar-refractivity contribution is 6.13. The number of allylic oxidation sites excluding steroid dienone is 1. The number of carbonyl (C=O) groups is 1. The molecule has 2 aromatic rings. The van der Waals surface area contributed by atoms with E-state index in [1.165, 1.54) is 12.8 Å². The van der Waals surface area contributed by atoms with Crippen molar-refractivity contribution in [3.05, 3.63) is 57.1 Å². The summed E-state index contributed by atoms with van der Waals surface area (Å²) in [5, 5.41) is 27.8. The molecule has 1 atom stereocenters. The zero-order valence-corrected chi connectivity index (χ0v) is 30.6. The molecule has 2 aromatic carbocycles. The Labute approximate surface area is 306 Å². The number of nitro benzene ring substituents is 1. The number of unbranched alkanes of at least 4 members (excludes halogenated alkanes) is 5. The zero-order chi connectivity index (χ0) is 36.7. The molecular formula is C38H54N8O6. The van der Waals surface area contributed by atoms with E-state index < -0.39 is 0 Å². The van der Waals surface area contributed by atoms with Gasteiger partial charge in [-0.1, -0.05) is 51.7 Å². The minimum Gasteiger partial charge on any atom is -0.491 e. The predicted molar refractivity (Wildman–Crippen MR) is 204 cm³/mol. The van der Waals surface area contributed by atoms with Crippen LogP contribution < -0.4 is 20.9 Å². The smallest absolute Gasteiger partial charge is 0.277 e. The molecule has 3 aliphatic rings. The lowest BCUT2D eigenvalue weighted by Gasteiger charge is -2.33. The highest BCUT2D eigenvalue weighted by atomic mass is 16.6. The van der Waals surface area contributed by atoms with Crippen molar-refractivity contribution in [3.63, 3.8) is 0 Å². The maximum atomic E-state index is 12.1. The Hall–Kier alpha value is -4.37. The number of nitrogens with one attached hydrogen (secondary N) is 3. The van der Waals surface area contributed by atoms with Gasteiger partial charge in [0.2, 0.25) is 5.91 Å². The SMILES string of the molecule is CC/C=C/c1cc2c(c([N+](=O)[O-])c1)CN1C=Nc3cc(OCCCN4CCNC(OCCCCC)C4)c(NCCCCCCC(=O)NO)cc3C1=N2. The fourth-order valence-electron chi connectivity index (χ4n) is 6.60. The molecule has 1 amide bonds. The zero-order valence-electron chi connectivity index (χ0n) is 30.6. The van der Waals surface area contributed by atoms with Crippen molar-refractivity contribution in [1.29, 1.82) is 0 Å². The Bertz CT molecular complexity index is 1610. The van der Waals surface area contributed by atoms with E-state index in [9.17, 15) is 14.9 Å². The number of amides is 1. The molecule has 14 nitrogen and oxygen atoms in total. The monoisotopic (exact) mass is 718 g/mol. The van der Waals surface area contributed by atoms with Crippen LogP contribution in [0.1, 0.15) is 94.7 Å². The van der Waals surface area contributed by atoms with Gasteiger partial charge in [-0.05, 0) is 49.8 Å². The van der Waals surface area contributed by atoms with Gasteiger partial charge >= 0.3 is 0 Å². The number of carbonyl (C=O) groups excluding carboxylic acids is 1. The summed E-state index contributed by atoms with van der Waals surface area (Å²) in [5.74, 6) is 1.03. The first kappa shape index (κ1) is 38.9. The van der Waals surface area contributed by atoms with Crippen LogP contribution in [-0.2, 0) is 16.1 Å². The summed E-state index contributed by atoms with van der Waals surface area (Å²) in [6.45, 7) is 10.2. The Morgan fingerprint density at radius 3 is 2.77 bits per heavy atom. The number of hydrogen-bond acceptors (Lipinski definition) is 12. The summed E-state index contributed by atoms with van der Waals surface area (Å²) >= 11 is 0. The largest absolute Gasteiger partial charge is 0.491 e. The number of piperazine rings is 1. The molecule has 1 saturated heterocycles. The molecule has 0 saturated carbocycles. The third-order valence-corrected chi connectivity index (χ3v) is 9.41. The summed E-state index contributed by atoms with van der Waals surface area (Å²) in [4.78, 5) is 37.0. The average Bonchev–Trinajstić information content (AvgIpc) is 3.15. The number of rotatable bonds is 21. The maximum absolute atomic E-state index is 12.1. The van der Waals surface area contributed by atoms with Crippen molar-refractivity contribution < 1.29 is 24.4 Å². The standard InChI is InChI=1S/C38H54N8O6/c1-3-5-11-19-52-37-26-44(18-16-40-37)17-12-20-51-35-24-31-29(23-33(35)39-15-10-8-7-9-14-36(47)43-48)38-42-32-21-28(13-6-4-2)22-34(46(49)50)30(32)25-45(38)27-41-31/h6,13,21-24,27,37,39-40,48H,3-5,7-12,14-20,25-26H2,1-2H3,(H,43,47)/b13-6+. The van der Waals surface area contributed by atoms with Crippen molar-refractivity contribution in [2.24, 2.45) is 9.98 Å². The second kappa shape index (κ2) is 20.0. The molecule has 3 aliphatic heterocycles. The average molecular weight is 719 g/mol. The topological polar surface area (TPSA) is 166 Å². The highest BCUT2D eigenvalue weighted by Gasteiger charge is 2.31. The Morgan fingerprint density at radius 2 is 1.96 bits per heavy atom. The summed E-state index contributed by atoms with van der Waals surface area (Å²) in [6, 6.07) is 7.49. The van der Waals surface area contributed by atoms with E-state index in [1.807, 2.05) is 42.2 Å². The lowest BCUT2D eigenvalue weighted by atomic mass is 10.0. The van der Waals surface area contributed by atoms with Crippen molar-refractivity contribution in [3.8, 4) is 5.75 Å². The second-order valence-corrected chi connectivity index (χ2v) is 13.4. The molecule has 4 N–H and O–H groups in total. The molecule has 14 heteroatoms. The number of fused-ring (bicyclic) bond motifs is 4. The van der Waals surface area contributed by atoms with Gasteiger partial charge in [0.1, 0.15) is 17.8 Å². The van der Waals surface area contributed by atoms with Gasteiger partial charge < -0.3 is 19.7 Å². The molecule has 0 radical (unpaired) electrons. The molecule has 282 valence electrons. The summed E-state index contributed by atoms with van der Waals surface area (Å²) < 4.78 is 12.5. The molecule has 5 rings (SSSR count). The number of nitrogens with zero attached hydrogens (tertiary/aromatic N) is 5. The summed E-state index contributed by atoms with van der Waals surface area (Å²) in [5.41, 5.74) is 6.00. The van der Waals surface area contributed by atoms with E-state index in [-0.39, 0.29) is 29.3 Å². The van der Waals surface area contributed by atoms with Gasteiger partial charge in [0.25, 0.3) is 5.69 Å². The first-order valence-electron chi connectivity index (χ1n) is 18.8. The third kappa shape index (κ3) is 10.8. The van der Waals surface area contributed by atoms with Gasteiger partial charge in [-0.2, -0.15) is 0 Å². The Balaban J connectivity index is 1.30. The molecule has 1 unspecified atom stereocenters. The number of benzene rings is 2. The predicted octanol–water partition coefficient (Wildman–Crippen LogP) is 6.66. The number of amidine groups is 1. The van der Waals surface area contributed by atoms with Crippen LogP contribution in [-0.4, -0.2) is 90.2 Å². The molecule has 52 heavy (non-hydrogen) atoms. The van der Waals surface area contributed by atoms with Crippen LogP contribution in [0.25, 0.3) is 6.08 Å². The molecule has 3 heterocycles. The van der Waals surface area contributed by atoms with E-state index >= 15 is 0 Å². The fraction of sp³-hybridized carbons (Fsp3) is 0.553. The van der Waals surface area contributed by atoms with E-state index in [4.69, 9.17) is 24.7 Å². The molecular weight excluding hydrogens is 664 g/mol. The summed E-state index contributed by atoms with van der Waals surface area (Å²) in [6.07, 6.45) is 14.5. The Kier molecular flexibility index (Phi) is 15.0. The van der Waals surface area contributed by atoms with E-state index in [1.54, 1.807) is 17.9 Å². The highest BCUT2D eigenvalue weighted by Crippen LogP contribution is 2.41. The number of nitro groups is 1. The van der Waals surface area contributed by atoms with Crippen molar-refractivity contribution in [2.75, 3.05) is 51.3 Å². The van der Waals surface area contributed by atoms with Crippen LogP contribution in [0.4, 0.5) is 22.7 Å². The van der Waals surface area contributed by atoms with Gasteiger partial charge in [0, 0.05) is 63.4 Å². The lowest BCUT2D eigenvalue weighted by molar-refractivity contribution is -0.385. The van der Waals surface area contributed by atoms with Gasteiger partial charge in [0.05, 0.1) is 47.0 Å². The fourth-order valence-corrected chi connectivity index (χ4v) is 6.60. The van der Waals surface area contributed by atoms with Crippen LogP contribution in [0.2, 0.25) is 0 Å². The van der Waals surface area contributed by atoms with Gasteiger partial charge in [-0.15, -0.1) is 0 Å². The quantitative estimate of drug-likeness (QED) is 0.0475. The van der Waals surface area contributed by atoms with Crippen molar-refractivity contribution in [2.45, 2.75) is 90.8 Å². The molecule has 0 aromatic heterocycles. The van der Waals surface area contributed by atoms with E-state index in [0.29, 0.717) is 48.8 Å². The molecule has 1 fully saturated rings. The maximum Gasteiger partial charge on any atom is 0.277 e. The first-order valence-corrected chi connectivity index (χ1v) is 18.8. The number of hydrogen-bond donors (Lipinski definition) is 4. The minimum atomic E-state index is -0.366. The Morgan fingerprint density at radius 1 is 1.10 bits per heavy atom. The second-order valence-electron chi connectivity index (χ2n) is 13.4. The normalized spacial score (nSPS) is 16.6. The summed E-state index contributed by atoms with van der Waals surface area (Å²) in [7, 11) is 0. The number of anilines is 1. The third-order valence-electron chi connectivity index (χ3n) is 9.41. The molecule has 0 bridgehead atoms. The first-order chi connectivity index (χ1) is 25.4. The molecule has 0 aliphatic carbocycles. The van der Waals surface area contributed by atoms with Crippen LogP contribution >= 0.6 is 0 Å². The van der Waals surface area contributed by atoms with Crippen LogP contribution in [0.5, 0.6) is 5.75 Å². The molecule has 0 spiro atoms. The van der Waals surface area contributed by atoms with Gasteiger partial charge in [0.15, 0.2) is 0 Å². The number of aliphatic imine (C=N–C) groups is 2.